The van der Waals surface area contributed by atoms with Gasteiger partial charge in [-0.1, -0.05) is 35.9 Å². The maximum absolute atomic E-state index is 14.2. The predicted octanol–water partition coefficient (Wildman–Crippen LogP) is 3.18. The van der Waals surface area contributed by atoms with Gasteiger partial charge in [-0.2, -0.15) is 0 Å². The first kappa shape index (κ1) is 13.6. The van der Waals surface area contributed by atoms with Crippen molar-refractivity contribution in [2.45, 2.75) is 19.4 Å². The van der Waals surface area contributed by atoms with Gasteiger partial charge in [0.2, 0.25) is 0 Å². The van der Waals surface area contributed by atoms with E-state index in [1.807, 2.05) is 49.1 Å². The fourth-order valence-electron chi connectivity index (χ4n) is 2.84. The summed E-state index contributed by atoms with van der Waals surface area (Å²) in [6.45, 7) is 4.43. The Kier molecular flexibility index (Phi) is 3.16. The molecule has 0 radical (unpaired) electrons. The van der Waals surface area contributed by atoms with E-state index in [1.165, 1.54) is 11.6 Å². The molecule has 1 unspecified atom stereocenters. The Morgan fingerprint density at radius 1 is 1.14 bits per heavy atom. The second kappa shape index (κ2) is 4.88. The van der Waals surface area contributed by atoms with Gasteiger partial charge < -0.3 is 10.6 Å². The molecule has 4 heteroatoms. The van der Waals surface area contributed by atoms with Gasteiger partial charge in [0, 0.05) is 11.3 Å². The van der Waals surface area contributed by atoms with Gasteiger partial charge in [0.15, 0.2) is 5.96 Å². The van der Waals surface area contributed by atoms with Gasteiger partial charge >= 0.3 is 0 Å². The first-order valence-electron chi connectivity index (χ1n) is 6.94. The van der Waals surface area contributed by atoms with Crippen LogP contribution < -0.4 is 10.6 Å². The summed E-state index contributed by atoms with van der Waals surface area (Å²) in [5, 5.41) is 0. The quantitative estimate of drug-likeness (QED) is 0.919. The molecule has 1 aliphatic heterocycles. The summed E-state index contributed by atoms with van der Waals surface area (Å²) in [5.74, 6) is 0.187. The SMILES string of the molecule is Cc1ccc(N2C(N)=NCC2(C)c2ccccc2F)cc1. The Morgan fingerprint density at radius 2 is 1.81 bits per heavy atom. The number of nitrogens with zero attached hydrogens (tertiary/aromatic N) is 2. The molecule has 0 aromatic heterocycles. The van der Waals surface area contributed by atoms with E-state index in [2.05, 4.69) is 4.99 Å². The number of aliphatic imine (C=N–C) groups is 1. The van der Waals surface area contributed by atoms with Gasteiger partial charge in [-0.15, -0.1) is 0 Å². The Hall–Kier alpha value is -2.36. The molecule has 2 aromatic rings. The van der Waals surface area contributed by atoms with Crippen LogP contribution in [0.5, 0.6) is 0 Å². The van der Waals surface area contributed by atoms with E-state index < -0.39 is 5.54 Å². The molecular weight excluding hydrogens is 265 g/mol. The molecule has 3 rings (SSSR count). The molecule has 0 fully saturated rings. The van der Waals surface area contributed by atoms with Crippen LogP contribution >= 0.6 is 0 Å². The van der Waals surface area contributed by atoms with Crippen molar-refractivity contribution in [3.05, 3.63) is 65.5 Å². The molecule has 108 valence electrons. The topological polar surface area (TPSA) is 41.6 Å². The summed E-state index contributed by atoms with van der Waals surface area (Å²) in [4.78, 5) is 6.25. The largest absolute Gasteiger partial charge is 0.369 e. The van der Waals surface area contributed by atoms with E-state index >= 15 is 0 Å². The molecule has 0 spiro atoms. The monoisotopic (exact) mass is 283 g/mol. The molecule has 3 nitrogen and oxygen atoms in total. The summed E-state index contributed by atoms with van der Waals surface area (Å²) in [7, 11) is 0. The molecule has 21 heavy (non-hydrogen) atoms. The number of hydrogen-bond donors (Lipinski definition) is 1. The van der Waals surface area contributed by atoms with Gasteiger partial charge in [-0.25, -0.2) is 4.39 Å². The summed E-state index contributed by atoms with van der Waals surface area (Å²) >= 11 is 0. The molecule has 0 bridgehead atoms. The van der Waals surface area contributed by atoms with E-state index in [4.69, 9.17) is 5.73 Å². The van der Waals surface area contributed by atoms with E-state index in [9.17, 15) is 4.39 Å². The van der Waals surface area contributed by atoms with Gasteiger partial charge in [-0.3, -0.25) is 4.99 Å². The third-order valence-corrected chi connectivity index (χ3v) is 4.02. The lowest BCUT2D eigenvalue weighted by molar-refractivity contribution is 0.488. The highest BCUT2D eigenvalue weighted by atomic mass is 19.1. The highest BCUT2D eigenvalue weighted by molar-refractivity contribution is 5.98. The fourth-order valence-corrected chi connectivity index (χ4v) is 2.84. The zero-order valence-corrected chi connectivity index (χ0v) is 12.2. The van der Waals surface area contributed by atoms with Crippen LogP contribution in [0.2, 0.25) is 0 Å². The van der Waals surface area contributed by atoms with Gasteiger partial charge in [-0.05, 0) is 32.0 Å². The Balaban J connectivity index is 2.10. The molecule has 1 aliphatic rings. The van der Waals surface area contributed by atoms with Crippen LogP contribution in [0.4, 0.5) is 10.1 Å². The van der Waals surface area contributed by atoms with Crippen molar-refractivity contribution in [3.63, 3.8) is 0 Å². The average Bonchev–Trinajstić information content (AvgIpc) is 2.77. The van der Waals surface area contributed by atoms with E-state index in [1.54, 1.807) is 12.1 Å². The van der Waals surface area contributed by atoms with Crippen molar-refractivity contribution in [3.8, 4) is 0 Å². The summed E-state index contributed by atoms with van der Waals surface area (Å²) in [5.41, 5.74) is 8.15. The van der Waals surface area contributed by atoms with E-state index in [-0.39, 0.29) is 5.82 Å². The minimum atomic E-state index is -0.606. The second-order valence-electron chi connectivity index (χ2n) is 5.60. The van der Waals surface area contributed by atoms with Crippen LogP contribution in [-0.4, -0.2) is 12.5 Å². The fraction of sp³-hybridized carbons (Fsp3) is 0.235. The third-order valence-electron chi connectivity index (χ3n) is 4.02. The van der Waals surface area contributed by atoms with Crippen LogP contribution in [0, 0.1) is 12.7 Å². The Morgan fingerprint density at radius 3 is 2.48 bits per heavy atom. The lowest BCUT2D eigenvalue weighted by atomic mass is 9.90. The van der Waals surface area contributed by atoms with Crippen molar-refractivity contribution >= 4 is 11.6 Å². The molecule has 2 N–H and O–H groups in total. The molecule has 1 atom stereocenters. The molecule has 0 aliphatic carbocycles. The predicted molar refractivity (Wildman–Crippen MR) is 83.9 cm³/mol. The molecule has 0 saturated heterocycles. The number of guanidine groups is 1. The van der Waals surface area contributed by atoms with Crippen LogP contribution in [0.3, 0.4) is 0 Å². The number of nitrogens with two attached hydrogens (primary N) is 1. The summed E-state index contributed by atoms with van der Waals surface area (Å²) < 4.78 is 14.2. The number of halogens is 1. The van der Waals surface area contributed by atoms with Crippen molar-refractivity contribution in [2.75, 3.05) is 11.4 Å². The normalized spacial score (nSPS) is 21.5. The minimum absolute atomic E-state index is 0.234. The maximum Gasteiger partial charge on any atom is 0.196 e. The van der Waals surface area contributed by atoms with Crippen molar-refractivity contribution in [1.82, 2.24) is 0 Å². The maximum atomic E-state index is 14.2. The smallest absolute Gasteiger partial charge is 0.196 e. The number of aryl methyl sites for hydroxylation is 1. The number of benzene rings is 2. The van der Waals surface area contributed by atoms with Gasteiger partial charge in [0.05, 0.1) is 12.1 Å². The molecular formula is C17H18FN3. The molecule has 0 amide bonds. The number of hydrogen-bond acceptors (Lipinski definition) is 3. The third kappa shape index (κ3) is 2.17. The van der Waals surface area contributed by atoms with E-state index in [0.717, 1.165) is 5.69 Å². The molecule has 1 heterocycles. The van der Waals surface area contributed by atoms with Crippen molar-refractivity contribution in [1.29, 1.82) is 0 Å². The zero-order chi connectivity index (χ0) is 15.0. The molecule has 2 aromatic carbocycles. The number of rotatable bonds is 2. The van der Waals surface area contributed by atoms with Crippen LogP contribution in [0.1, 0.15) is 18.1 Å². The second-order valence-corrected chi connectivity index (χ2v) is 5.60. The first-order chi connectivity index (χ1) is 10.0. The Labute approximate surface area is 123 Å². The van der Waals surface area contributed by atoms with Gasteiger partial charge in [0.1, 0.15) is 5.82 Å². The highest BCUT2D eigenvalue weighted by Crippen LogP contribution is 2.37. The minimum Gasteiger partial charge on any atom is -0.369 e. The zero-order valence-electron chi connectivity index (χ0n) is 12.2. The summed E-state index contributed by atoms with van der Waals surface area (Å²) in [6, 6.07) is 14.8. The summed E-state index contributed by atoms with van der Waals surface area (Å²) in [6.07, 6.45) is 0. The van der Waals surface area contributed by atoms with Crippen LogP contribution in [0.15, 0.2) is 53.5 Å². The number of anilines is 1. The Bertz CT molecular complexity index is 693. The van der Waals surface area contributed by atoms with Crippen molar-refractivity contribution < 1.29 is 4.39 Å². The van der Waals surface area contributed by atoms with Crippen LogP contribution in [0.25, 0.3) is 0 Å². The highest BCUT2D eigenvalue weighted by Gasteiger charge is 2.42. The van der Waals surface area contributed by atoms with Crippen molar-refractivity contribution in [2.24, 2.45) is 10.7 Å². The lowest BCUT2D eigenvalue weighted by Crippen LogP contribution is -2.48. The standard InChI is InChI=1S/C17H18FN3/c1-12-7-9-13(10-8-12)21-16(19)20-11-17(21,2)14-5-3-4-6-15(14)18/h3-10H,11H2,1-2H3,(H2,19,20). The lowest BCUT2D eigenvalue weighted by Gasteiger charge is -2.36. The van der Waals surface area contributed by atoms with E-state index in [0.29, 0.717) is 18.1 Å². The molecule has 0 saturated carbocycles. The average molecular weight is 283 g/mol. The van der Waals surface area contributed by atoms with Crippen LogP contribution in [-0.2, 0) is 5.54 Å². The van der Waals surface area contributed by atoms with Gasteiger partial charge in [0.25, 0.3) is 0 Å². The first-order valence-corrected chi connectivity index (χ1v) is 6.94.